The Morgan fingerprint density at radius 3 is 2.29 bits per heavy atom. The number of rotatable bonds is 9. The Morgan fingerprint density at radius 2 is 1.81 bits per heavy atom. The molecule has 9 heteroatoms. The van der Waals surface area contributed by atoms with E-state index in [2.05, 4.69) is 10.5 Å². The molecule has 1 N–H and O–H groups in total. The van der Waals surface area contributed by atoms with Crippen LogP contribution in [0.3, 0.4) is 0 Å². The summed E-state index contributed by atoms with van der Waals surface area (Å²) in [6, 6.07) is 8.56. The molecule has 31 heavy (non-hydrogen) atoms. The lowest BCUT2D eigenvalue weighted by molar-refractivity contribution is -0.151. The Bertz CT molecular complexity index is 955. The van der Waals surface area contributed by atoms with E-state index in [1.165, 1.54) is 23.5 Å². The van der Waals surface area contributed by atoms with Gasteiger partial charge in [0, 0.05) is 18.9 Å². The third kappa shape index (κ3) is 6.75. The zero-order valence-corrected chi connectivity index (χ0v) is 19.6. The molecular weight excluding hydrogens is 418 g/mol. The van der Waals surface area contributed by atoms with Gasteiger partial charge in [-0.1, -0.05) is 19.9 Å². The first-order valence-electron chi connectivity index (χ1n) is 9.98. The molecule has 0 aliphatic heterocycles. The minimum absolute atomic E-state index is 0.0199. The highest BCUT2D eigenvalue weighted by atomic mass is 32.2. The van der Waals surface area contributed by atoms with Crippen LogP contribution in [0.4, 0.5) is 0 Å². The van der Waals surface area contributed by atoms with E-state index in [1.54, 1.807) is 71.3 Å². The molecule has 0 saturated heterocycles. The number of nitrogens with one attached hydrogen (secondary N) is 1. The number of amides is 1. The van der Waals surface area contributed by atoms with Crippen LogP contribution in [0.1, 0.15) is 40.2 Å². The van der Waals surface area contributed by atoms with Gasteiger partial charge >= 0.3 is 0 Å². The summed E-state index contributed by atoms with van der Waals surface area (Å²) in [7, 11) is -2.53. The largest absolute Gasteiger partial charge is 0.497 e. The summed E-state index contributed by atoms with van der Waals surface area (Å²) in [5.41, 5.74) is 2.47. The van der Waals surface area contributed by atoms with Crippen LogP contribution < -0.4 is 10.2 Å². The van der Waals surface area contributed by atoms with Crippen LogP contribution in [-0.2, 0) is 26.2 Å². The van der Waals surface area contributed by atoms with Crippen LogP contribution in [0, 0.1) is 5.92 Å². The fourth-order valence-electron chi connectivity index (χ4n) is 2.92. The van der Waals surface area contributed by atoms with Crippen molar-refractivity contribution in [2.45, 2.75) is 57.7 Å². The smallest absolute Gasteiger partial charge is 0.262 e. The highest BCUT2D eigenvalue weighted by Crippen LogP contribution is 2.26. The summed E-state index contributed by atoms with van der Waals surface area (Å²) < 4.78 is 33.6. The molecule has 1 heterocycles. The van der Waals surface area contributed by atoms with E-state index in [4.69, 9.17) is 9.57 Å². The predicted octanol–water partition coefficient (Wildman–Crippen LogP) is 3.15. The molecule has 1 aromatic heterocycles. The van der Waals surface area contributed by atoms with Gasteiger partial charge in [-0.05, 0) is 62.6 Å². The number of nitrogens with zero attached hydrogens (tertiary/aromatic N) is 2. The standard InChI is InChI=1S/C22H31N3O5S/c1-16(2)20(21(26)24-30-22(3,4)5)25(15-17-8-7-13-23-14-17)31(27,28)19-11-9-18(29-6)10-12-19/h7-14,16,20H,15H2,1-6H3,(H,24,26)/t20-/m1/s1. The van der Waals surface area contributed by atoms with Crippen LogP contribution in [-0.4, -0.2) is 42.4 Å². The van der Waals surface area contributed by atoms with E-state index in [0.29, 0.717) is 11.3 Å². The molecule has 1 aromatic carbocycles. The second-order valence-electron chi connectivity index (χ2n) is 8.46. The van der Waals surface area contributed by atoms with Gasteiger partial charge in [-0.25, -0.2) is 13.9 Å². The van der Waals surface area contributed by atoms with E-state index in [1.807, 2.05) is 0 Å². The van der Waals surface area contributed by atoms with E-state index >= 15 is 0 Å². The summed E-state index contributed by atoms with van der Waals surface area (Å²) in [4.78, 5) is 22.6. The maximum atomic E-state index is 13.6. The van der Waals surface area contributed by atoms with Crippen molar-refractivity contribution in [3.63, 3.8) is 0 Å². The molecule has 0 unspecified atom stereocenters. The highest BCUT2D eigenvalue weighted by Gasteiger charge is 2.38. The van der Waals surface area contributed by atoms with Crippen molar-refractivity contribution in [3.8, 4) is 5.75 Å². The van der Waals surface area contributed by atoms with Gasteiger partial charge in [-0.3, -0.25) is 14.6 Å². The fourth-order valence-corrected chi connectivity index (χ4v) is 4.63. The number of sulfonamides is 1. The van der Waals surface area contributed by atoms with Crippen molar-refractivity contribution < 1.29 is 22.8 Å². The molecule has 0 aliphatic carbocycles. The van der Waals surface area contributed by atoms with Gasteiger partial charge in [0.2, 0.25) is 10.0 Å². The minimum Gasteiger partial charge on any atom is -0.497 e. The summed E-state index contributed by atoms with van der Waals surface area (Å²) in [5.74, 6) is -0.325. The molecule has 0 bridgehead atoms. The summed E-state index contributed by atoms with van der Waals surface area (Å²) in [6.45, 7) is 8.94. The molecule has 0 saturated carbocycles. The number of ether oxygens (including phenoxy) is 1. The van der Waals surface area contributed by atoms with Crippen LogP contribution in [0.15, 0.2) is 53.7 Å². The average Bonchev–Trinajstić information content (AvgIpc) is 2.71. The molecule has 0 aliphatic rings. The molecule has 1 amide bonds. The molecule has 2 aromatic rings. The maximum Gasteiger partial charge on any atom is 0.262 e. The SMILES string of the molecule is COc1ccc(S(=O)(=O)N(Cc2cccnc2)[C@@H](C(=O)NOC(C)(C)C)C(C)C)cc1. The first kappa shape index (κ1) is 24.8. The second-order valence-corrected chi connectivity index (χ2v) is 10.3. The first-order valence-corrected chi connectivity index (χ1v) is 11.4. The summed E-state index contributed by atoms with van der Waals surface area (Å²) >= 11 is 0. The molecule has 0 radical (unpaired) electrons. The van der Waals surface area contributed by atoms with Crippen molar-refractivity contribution in [2.24, 2.45) is 5.92 Å². The number of hydrogen-bond donors (Lipinski definition) is 1. The normalized spacial score (nSPS) is 13.3. The lowest BCUT2D eigenvalue weighted by atomic mass is 10.0. The quantitative estimate of drug-likeness (QED) is 0.591. The van der Waals surface area contributed by atoms with Crippen molar-refractivity contribution in [3.05, 3.63) is 54.4 Å². The van der Waals surface area contributed by atoms with E-state index in [9.17, 15) is 13.2 Å². The number of methoxy groups -OCH3 is 1. The Morgan fingerprint density at radius 1 is 1.16 bits per heavy atom. The summed E-state index contributed by atoms with van der Waals surface area (Å²) in [6.07, 6.45) is 3.19. The zero-order valence-electron chi connectivity index (χ0n) is 18.8. The zero-order chi connectivity index (χ0) is 23.2. The lowest BCUT2D eigenvalue weighted by Crippen LogP contribution is -2.52. The topological polar surface area (TPSA) is 97.8 Å². The Hall–Kier alpha value is -2.49. The number of carbonyl (C=O) groups is 1. The fraction of sp³-hybridized carbons (Fsp3) is 0.455. The Balaban J connectivity index is 2.49. The lowest BCUT2D eigenvalue weighted by Gasteiger charge is -2.33. The Labute approximate surface area is 184 Å². The predicted molar refractivity (Wildman–Crippen MR) is 118 cm³/mol. The van der Waals surface area contributed by atoms with Crippen LogP contribution in [0.2, 0.25) is 0 Å². The van der Waals surface area contributed by atoms with Gasteiger partial charge in [0.1, 0.15) is 11.8 Å². The molecule has 170 valence electrons. The van der Waals surface area contributed by atoms with Crippen molar-refractivity contribution >= 4 is 15.9 Å². The molecule has 0 spiro atoms. The number of aromatic nitrogens is 1. The van der Waals surface area contributed by atoms with Gasteiger partial charge in [0.25, 0.3) is 5.91 Å². The maximum absolute atomic E-state index is 13.6. The molecular formula is C22H31N3O5S. The van der Waals surface area contributed by atoms with Crippen LogP contribution in [0.25, 0.3) is 0 Å². The van der Waals surface area contributed by atoms with Gasteiger partial charge in [0.15, 0.2) is 0 Å². The average molecular weight is 450 g/mol. The van der Waals surface area contributed by atoms with Gasteiger partial charge in [-0.15, -0.1) is 0 Å². The number of pyridine rings is 1. The van der Waals surface area contributed by atoms with Crippen molar-refractivity contribution in [2.75, 3.05) is 7.11 Å². The van der Waals surface area contributed by atoms with Crippen LogP contribution in [0.5, 0.6) is 5.75 Å². The first-order chi connectivity index (χ1) is 14.5. The summed E-state index contributed by atoms with van der Waals surface area (Å²) in [5, 5.41) is 0. The van der Waals surface area contributed by atoms with Gasteiger partial charge in [-0.2, -0.15) is 4.31 Å². The third-order valence-electron chi connectivity index (χ3n) is 4.40. The monoisotopic (exact) mass is 449 g/mol. The third-order valence-corrected chi connectivity index (χ3v) is 6.24. The van der Waals surface area contributed by atoms with Gasteiger partial charge < -0.3 is 4.74 Å². The highest BCUT2D eigenvalue weighted by molar-refractivity contribution is 7.89. The van der Waals surface area contributed by atoms with E-state index in [0.717, 1.165) is 0 Å². The second kappa shape index (κ2) is 10.2. The molecule has 0 fully saturated rings. The molecule has 2 rings (SSSR count). The molecule has 8 nitrogen and oxygen atoms in total. The number of benzene rings is 1. The number of hydrogen-bond acceptors (Lipinski definition) is 6. The van der Waals surface area contributed by atoms with Crippen LogP contribution >= 0.6 is 0 Å². The van der Waals surface area contributed by atoms with Crippen molar-refractivity contribution in [1.82, 2.24) is 14.8 Å². The van der Waals surface area contributed by atoms with Crippen molar-refractivity contribution in [1.29, 1.82) is 0 Å². The minimum atomic E-state index is -4.03. The number of hydroxylamine groups is 1. The number of carbonyl (C=O) groups excluding carboxylic acids is 1. The van der Waals surface area contributed by atoms with E-state index in [-0.39, 0.29) is 17.4 Å². The Kier molecular flexibility index (Phi) is 8.16. The van der Waals surface area contributed by atoms with Gasteiger partial charge in [0.05, 0.1) is 17.6 Å². The van der Waals surface area contributed by atoms with E-state index < -0.39 is 27.6 Å². The molecule has 1 atom stereocenters.